The average molecular weight is 283 g/mol. The summed E-state index contributed by atoms with van der Waals surface area (Å²) in [7, 11) is 0. The van der Waals surface area contributed by atoms with E-state index in [1.165, 1.54) is 3.58 Å². The molecule has 0 saturated carbocycles. The number of hydrogen-bond acceptors (Lipinski definition) is 2. The Kier molecular flexibility index (Phi) is 4.28. The normalized spacial score (nSPS) is 9.69. The molecule has 3 heteroatoms. The molecule has 1 aromatic carbocycles. The fourth-order valence-corrected chi connectivity index (χ4v) is 2.62. The number of rotatable bonds is 3. The predicted octanol–water partition coefficient (Wildman–Crippen LogP) is 1.24. The van der Waals surface area contributed by atoms with Gasteiger partial charge in [0.25, 0.3) is 0 Å². The summed E-state index contributed by atoms with van der Waals surface area (Å²) in [5.74, 6) is -0.211. The maximum absolute atomic E-state index is 11.3. The van der Waals surface area contributed by atoms with Gasteiger partial charge in [-0.25, -0.2) is 0 Å². The van der Waals surface area contributed by atoms with E-state index in [0.717, 1.165) is 0 Å². The first kappa shape index (κ1) is 10.6. The third-order valence-corrected chi connectivity index (χ3v) is 4.20. The molecular formula is C10H12O2Sn. The second kappa shape index (κ2) is 5.27. The standard InChI is InChI=1S/C9H9O2.CH3.Sn/c1-2-11-9(10)8-6-4-3-5-7-8;;/h3-4,6-7H,2H2,1H3;1H3;. The third kappa shape index (κ3) is 3.03. The second-order valence-corrected chi connectivity index (χ2v) is 5.63. The average Bonchev–Trinajstić information content (AvgIpc) is 2.18. The van der Waals surface area contributed by atoms with E-state index in [4.69, 9.17) is 4.74 Å². The zero-order valence-corrected chi connectivity index (χ0v) is 10.7. The first-order valence-electron chi connectivity index (χ1n) is 4.23. The van der Waals surface area contributed by atoms with Gasteiger partial charge in [0, 0.05) is 0 Å². The Bertz CT molecular complexity index is 297. The van der Waals surface area contributed by atoms with Crippen molar-refractivity contribution in [2.75, 3.05) is 6.61 Å². The van der Waals surface area contributed by atoms with Crippen LogP contribution in [-0.2, 0) is 4.74 Å². The van der Waals surface area contributed by atoms with Gasteiger partial charge in [0.15, 0.2) is 0 Å². The Balaban J connectivity index is 2.82. The SMILES string of the molecule is CCOC(=O)c1ccc[c]([Sn][CH3])c1. The van der Waals surface area contributed by atoms with E-state index in [1.807, 2.05) is 19.1 Å². The number of esters is 1. The summed E-state index contributed by atoms with van der Waals surface area (Å²) in [6.07, 6.45) is 0. The molecule has 1 rings (SSSR count). The van der Waals surface area contributed by atoms with Crippen LogP contribution < -0.4 is 3.58 Å². The molecule has 2 radical (unpaired) electrons. The molecule has 0 N–H and O–H groups in total. The molecule has 13 heavy (non-hydrogen) atoms. The van der Waals surface area contributed by atoms with Crippen LogP contribution in [0.25, 0.3) is 0 Å². The number of ether oxygens (including phenoxy) is 1. The quantitative estimate of drug-likeness (QED) is 0.616. The molecule has 0 bridgehead atoms. The van der Waals surface area contributed by atoms with Crippen molar-refractivity contribution in [2.45, 2.75) is 11.9 Å². The number of benzene rings is 1. The van der Waals surface area contributed by atoms with Gasteiger partial charge in [0.2, 0.25) is 0 Å². The molecule has 0 aliphatic rings. The van der Waals surface area contributed by atoms with Crippen molar-refractivity contribution in [1.29, 1.82) is 0 Å². The summed E-state index contributed by atoms with van der Waals surface area (Å²) >= 11 is -0.435. The zero-order valence-electron chi connectivity index (χ0n) is 7.83. The van der Waals surface area contributed by atoms with E-state index in [0.29, 0.717) is 12.2 Å². The van der Waals surface area contributed by atoms with Gasteiger partial charge in [0.1, 0.15) is 0 Å². The predicted molar refractivity (Wildman–Crippen MR) is 53.7 cm³/mol. The summed E-state index contributed by atoms with van der Waals surface area (Å²) in [5, 5.41) is 0. The minimum absolute atomic E-state index is 0.211. The summed E-state index contributed by atoms with van der Waals surface area (Å²) in [6.45, 7) is 2.26. The van der Waals surface area contributed by atoms with Gasteiger partial charge in [-0.3, -0.25) is 0 Å². The fraction of sp³-hybridized carbons (Fsp3) is 0.300. The Morgan fingerprint density at radius 2 is 2.31 bits per heavy atom. The van der Waals surface area contributed by atoms with Gasteiger partial charge < -0.3 is 0 Å². The van der Waals surface area contributed by atoms with Crippen LogP contribution in [0.2, 0.25) is 4.94 Å². The molecule has 0 spiro atoms. The van der Waals surface area contributed by atoms with Gasteiger partial charge in [-0.1, -0.05) is 0 Å². The van der Waals surface area contributed by atoms with Crippen molar-refractivity contribution < 1.29 is 9.53 Å². The minimum atomic E-state index is -0.435. The molecule has 0 saturated heterocycles. The first-order chi connectivity index (χ1) is 6.27. The topological polar surface area (TPSA) is 26.3 Å². The molecule has 0 fully saturated rings. The maximum atomic E-state index is 11.3. The van der Waals surface area contributed by atoms with Crippen molar-refractivity contribution in [1.82, 2.24) is 0 Å². The van der Waals surface area contributed by atoms with Gasteiger partial charge in [-0.2, -0.15) is 0 Å². The van der Waals surface area contributed by atoms with Crippen LogP contribution in [0.15, 0.2) is 24.3 Å². The van der Waals surface area contributed by atoms with Crippen LogP contribution in [0.4, 0.5) is 0 Å². The van der Waals surface area contributed by atoms with Crippen molar-refractivity contribution in [3.05, 3.63) is 29.8 Å². The van der Waals surface area contributed by atoms with Gasteiger partial charge in [0.05, 0.1) is 0 Å². The molecule has 1 aromatic rings. The van der Waals surface area contributed by atoms with E-state index in [9.17, 15) is 4.79 Å². The van der Waals surface area contributed by atoms with E-state index < -0.39 is 21.1 Å². The second-order valence-electron chi connectivity index (χ2n) is 2.55. The molecule has 0 aliphatic heterocycles. The van der Waals surface area contributed by atoms with Crippen LogP contribution in [-0.4, -0.2) is 33.7 Å². The van der Waals surface area contributed by atoms with E-state index in [1.54, 1.807) is 6.07 Å². The van der Waals surface area contributed by atoms with E-state index in [2.05, 4.69) is 11.0 Å². The molecule has 2 nitrogen and oxygen atoms in total. The van der Waals surface area contributed by atoms with Crippen LogP contribution >= 0.6 is 0 Å². The molecule has 0 aromatic heterocycles. The fourth-order valence-electron chi connectivity index (χ4n) is 1.02. The molecule has 0 aliphatic carbocycles. The third-order valence-electron chi connectivity index (χ3n) is 1.66. The molecule has 0 heterocycles. The number of hydrogen-bond donors (Lipinski definition) is 0. The summed E-state index contributed by atoms with van der Waals surface area (Å²) in [4.78, 5) is 13.5. The Labute approximate surface area is 88.5 Å². The summed E-state index contributed by atoms with van der Waals surface area (Å²) in [6, 6.07) is 7.75. The Morgan fingerprint density at radius 1 is 1.54 bits per heavy atom. The van der Waals surface area contributed by atoms with E-state index in [-0.39, 0.29) is 5.97 Å². The van der Waals surface area contributed by atoms with Crippen LogP contribution in [0.3, 0.4) is 0 Å². The molecule has 68 valence electrons. The van der Waals surface area contributed by atoms with Crippen molar-refractivity contribution in [3.8, 4) is 0 Å². The van der Waals surface area contributed by atoms with Crippen molar-refractivity contribution in [3.63, 3.8) is 0 Å². The molecule has 0 unspecified atom stereocenters. The van der Waals surface area contributed by atoms with Gasteiger partial charge >= 0.3 is 88.5 Å². The van der Waals surface area contributed by atoms with Gasteiger partial charge in [-0.05, 0) is 0 Å². The van der Waals surface area contributed by atoms with Crippen LogP contribution in [0.5, 0.6) is 0 Å². The van der Waals surface area contributed by atoms with Crippen LogP contribution in [0.1, 0.15) is 17.3 Å². The molecule has 0 amide bonds. The first-order valence-corrected chi connectivity index (χ1v) is 8.51. The van der Waals surface area contributed by atoms with Crippen molar-refractivity contribution >= 4 is 30.7 Å². The summed E-state index contributed by atoms with van der Waals surface area (Å²) in [5.41, 5.74) is 0.683. The Hall–Kier alpha value is -0.511. The number of carbonyl (C=O) groups excluding carboxylic acids is 1. The molecule has 0 atom stereocenters. The van der Waals surface area contributed by atoms with Crippen molar-refractivity contribution in [2.24, 2.45) is 0 Å². The van der Waals surface area contributed by atoms with E-state index >= 15 is 0 Å². The van der Waals surface area contributed by atoms with Gasteiger partial charge in [-0.15, -0.1) is 0 Å². The summed E-state index contributed by atoms with van der Waals surface area (Å²) < 4.78 is 6.24. The van der Waals surface area contributed by atoms with Crippen LogP contribution in [0, 0.1) is 0 Å². The zero-order chi connectivity index (χ0) is 9.68. The Morgan fingerprint density at radius 3 is 2.92 bits per heavy atom. The monoisotopic (exact) mass is 284 g/mol. The number of carbonyl (C=O) groups is 1. The molecular weight excluding hydrogens is 271 g/mol.